The zero-order valence-corrected chi connectivity index (χ0v) is 12.8. The fourth-order valence-electron chi connectivity index (χ4n) is 3.25. The molecule has 2 heterocycles. The van der Waals surface area contributed by atoms with Gasteiger partial charge in [-0.3, -0.25) is 4.79 Å². The highest BCUT2D eigenvalue weighted by molar-refractivity contribution is 5.76. The van der Waals surface area contributed by atoms with Crippen molar-refractivity contribution in [1.82, 2.24) is 10.2 Å². The number of benzene rings is 1. The van der Waals surface area contributed by atoms with Gasteiger partial charge in [-0.15, -0.1) is 0 Å². The number of hydrogen-bond donors (Lipinski definition) is 1. The summed E-state index contributed by atoms with van der Waals surface area (Å²) in [6.45, 7) is 3.60. The van der Waals surface area contributed by atoms with Gasteiger partial charge in [0.2, 0.25) is 5.91 Å². The van der Waals surface area contributed by atoms with E-state index in [1.54, 1.807) is 18.2 Å². The van der Waals surface area contributed by atoms with E-state index in [-0.39, 0.29) is 17.8 Å². The molecule has 0 aromatic heterocycles. The highest BCUT2D eigenvalue weighted by Crippen LogP contribution is 2.25. The van der Waals surface area contributed by atoms with Crippen molar-refractivity contribution in [3.05, 3.63) is 35.6 Å². The zero-order chi connectivity index (χ0) is 15.4. The van der Waals surface area contributed by atoms with E-state index in [1.807, 2.05) is 4.90 Å². The van der Waals surface area contributed by atoms with Gasteiger partial charge in [0.05, 0.1) is 13.2 Å². The maximum Gasteiger partial charge on any atom is 0.222 e. The Bertz CT molecular complexity index is 517. The van der Waals surface area contributed by atoms with Crippen molar-refractivity contribution in [2.75, 3.05) is 32.8 Å². The molecule has 2 fully saturated rings. The second-order valence-electron chi connectivity index (χ2n) is 6.12. The minimum atomic E-state index is -0.355. The van der Waals surface area contributed by atoms with Gasteiger partial charge in [0.1, 0.15) is 11.9 Å². The SMILES string of the molecule is O=C(CCC1CCNC1)N1CCOC(c2ccccc2F)C1. The number of ether oxygens (including phenoxy) is 1. The van der Waals surface area contributed by atoms with Crippen molar-refractivity contribution in [3.63, 3.8) is 0 Å². The molecule has 3 rings (SSSR count). The van der Waals surface area contributed by atoms with Crippen molar-refractivity contribution >= 4 is 5.91 Å². The molecule has 1 amide bonds. The topological polar surface area (TPSA) is 41.6 Å². The van der Waals surface area contributed by atoms with Gasteiger partial charge in [0.15, 0.2) is 0 Å². The van der Waals surface area contributed by atoms with E-state index in [4.69, 9.17) is 4.74 Å². The van der Waals surface area contributed by atoms with Gasteiger partial charge in [0.25, 0.3) is 0 Å². The molecular formula is C17H23FN2O2. The molecule has 120 valence electrons. The van der Waals surface area contributed by atoms with Crippen LogP contribution in [0.1, 0.15) is 30.9 Å². The molecule has 1 aromatic carbocycles. The number of rotatable bonds is 4. The molecule has 1 N–H and O–H groups in total. The lowest BCUT2D eigenvalue weighted by atomic mass is 10.0. The monoisotopic (exact) mass is 306 g/mol. The zero-order valence-electron chi connectivity index (χ0n) is 12.8. The number of carbonyl (C=O) groups excluding carboxylic acids is 1. The Kier molecular flexibility index (Phi) is 5.05. The van der Waals surface area contributed by atoms with Crippen molar-refractivity contribution in [1.29, 1.82) is 0 Å². The largest absolute Gasteiger partial charge is 0.370 e. The van der Waals surface area contributed by atoms with Gasteiger partial charge >= 0.3 is 0 Å². The molecule has 0 aliphatic carbocycles. The number of carbonyl (C=O) groups is 1. The van der Waals surface area contributed by atoms with Crippen LogP contribution in [0.3, 0.4) is 0 Å². The maximum absolute atomic E-state index is 13.9. The number of nitrogens with zero attached hydrogens (tertiary/aromatic N) is 1. The Morgan fingerprint density at radius 2 is 2.27 bits per heavy atom. The summed E-state index contributed by atoms with van der Waals surface area (Å²) in [4.78, 5) is 14.2. The molecule has 22 heavy (non-hydrogen) atoms. The Labute approximate surface area is 130 Å². The van der Waals surface area contributed by atoms with Crippen LogP contribution in [0.15, 0.2) is 24.3 Å². The van der Waals surface area contributed by atoms with Gasteiger partial charge in [-0.2, -0.15) is 0 Å². The third-order valence-corrected chi connectivity index (χ3v) is 4.60. The summed E-state index contributed by atoms with van der Waals surface area (Å²) >= 11 is 0. The molecule has 2 aliphatic heterocycles. The van der Waals surface area contributed by atoms with Crippen LogP contribution in [-0.4, -0.2) is 43.6 Å². The molecule has 0 spiro atoms. The van der Waals surface area contributed by atoms with Gasteiger partial charge < -0.3 is 15.0 Å². The molecule has 2 saturated heterocycles. The second-order valence-corrected chi connectivity index (χ2v) is 6.12. The van der Waals surface area contributed by atoms with Crippen LogP contribution >= 0.6 is 0 Å². The molecule has 0 bridgehead atoms. The highest BCUT2D eigenvalue weighted by atomic mass is 19.1. The van der Waals surface area contributed by atoms with E-state index in [1.165, 1.54) is 6.07 Å². The van der Waals surface area contributed by atoms with Crippen LogP contribution in [-0.2, 0) is 9.53 Å². The van der Waals surface area contributed by atoms with E-state index in [0.717, 1.165) is 25.9 Å². The van der Waals surface area contributed by atoms with Gasteiger partial charge in [0, 0.05) is 18.5 Å². The summed E-state index contributed by atoms with van der Waals surface area (Å²) in [5.41, 5.74) is 0.542. The van der Waals surface area contributed by atoms with Crippen LogP contribution in [0, 0.1) is 11.7 Å². The van der Waals surface area contributed by atoms with E-state index in [9.17, 15) is 9.18 Å². The van der Waals surface area contributed by atoms with Crippen LogP contribution in [0.4, 0.5) is 4.39 Å². The minimum absolute atomic E-state index is 0.163. The van der Waals surface area contributed by atoms with E-state index in [2.05, 4.69) is 5.32 Å². The number of halogens is 1. The van der Waals surface area contributed by atoms with Gasteiger partial charge in [-0.05, 0) is 37.9 Å². The maximum atomic E-state index is 13.9. The predicted molar refractivity (Wildman–Crippen MR) is 81.9 cm³/mol. The lowest BCUT2D eigenvalue weighted by Crippen LogP contribution is -2.42. The summed E-state index contributed by atoms with van der Waals surface area (Å²) in [6.07, 6.45) is 2.32. The molecule has 1 aromatic rings. The average molecular weight is 306 g/mol. The second kappa shape index (κ2) is 7.20. The summed E-state index contributed by atoms with van der Waals surface area (Å²) in [5, 5.41) is 3.32. The van der Waals surface area contributed by atoms with Crippen LogP contribution in [0.25, 0.3) is 0 Å². The average Bonchev–Trinajstić information content (AvgIpc) is 3.06. The molecular weight excluding hydrogens is 283 g/mol. The minimum Gasteiger partial charge on any atom is -0.370 e. The number of nitrogens with one attached hydrogen (secondary N) is 1. The molecule has 2 atom stereocenters. The van der Waals surface area contributed by atoms with Crippen LogP contribution < -0.4 is 5.32 Å². The summed E-state index contributed by atoms with van der Waals surface area (Å²) in [7, 11) is 0. The lowest BCUT2D eigenvalue weighted by molar-refractivity contribution is -0.139. The quantitative estimate of drug-likeness (QED) is 0.926. The Hall–Kier alpha value is -1.46. The van der Waals surface area contributed by atoms with Crippen LogP contribution in [0.2, 0.25) is 0 Å². The highest BCUT2D eigenvalue weighted by Gasteiger charge is 2.27. The van der Waals surface area contributed by atoms with E-state index >= 15 is 0 Å². The van der Waals surface area contributed by atoms with E-state index < -0.39 is 0 Å². The summed E-state index contributed by atoms with van der Waals surface area (Å²) < 4.78 is 19.5. The fourth-order valence-corrected chi connectivity index (χ4v) is 3.25. The predicted octanol–water partition coefficient (Wildman–Crippen LogP) is 2.12. The Morgan fingerprint density at radius 3 is 3.05 bits per heavy atom. The molecule has 2 aliphatic rings. The number of amides is 1. The molecule has 0 radical (unpaired) electrons. The molecule has 5 heteroatoms. The lowest BCUT2D eigenvalue weighted by Gasteiger charge is -2.33. The smallest absolute Gasteiger partial charge is 0.222 e. The van der Waals surface area contributed by atoms with E-state index in [0.29, 0.717) is 37.6 Å². The van der Waals surface area contributed by atoms with Crippen molar-refractivity contribution < 1.29 is 13.9 Å². The summed E-state index contributed by atoms with van der Waals surface area (Å²) in [6, 6.07) is 6.64. The van der Waals surface area contributed by atoms with Gasteiger partial charge in [-0.1, -0.05) is 18.2 Å². The molecule has 4 nitrogen and oxygen atoms in total. The number of hydrogen-bond acceptors (Lipinski definition) is 3. The first-order chi connectivity index (χ1) is 10.7. The first-order valence-electron chi connectivity index (χ1n) is 8.08. The Balaban J connectivity index is 1.55. The van der Waals surface area contributed by atoms with Gasteiger partial charge in [-0.25, -0.2) is 4.39 Å². The Morgan fingerprint density at radius 1 is 1.41 bits per heavy atom. The molecule has 2 unspecified atom stereocenters. The summed E-state index contributed by atoms with van der Waals surface area (Å²) in [5.74, 6) is 0.516. The third-order valence-electron chi connectivity index (χ3n) is 4.60. The first-order valence-corrected chi connectivity index (χ1v) is 8.08. The number of morpholine rings is 1. The fraction of sp³-hybridized carbons (Fsp3) is 0.588. The normalized spacial score (nSPS) is 25.4. The molecule has 0 saturated carbocycles. The first kappa shape index (κ1) is 15.4. The van der Waals surface area contributed by atoms with Crippen molar-refractivity contribution in [3.8, 4) is 0 Å². The van der Waals surface area contributed by atoms with Crippen LogP contribution in [0.5, 0.6) is 0 Å². The van der Waals surface area contributed by atoms with Crippen molar-refractivity contribution in [2.45, 2.75) is 25.4 Å². The standard InChI is InChI=1S/C17H23FN2O2/c18-15-4-2-1-3-14(15)16-12-20(9-10-22-16)17(21)6-5-13-7-8-19-11-13/h1-4,13,16,19H,5-12H2. The van der Waals surface area contributed by atoms with Crippen molar-refractivity contribution in [2.24, 2.45) is 5.92 Å². The third kappa shape index (κ3) is 3.65.